The van der Waals surface area contributed by atoms with E-state index in [2.05, 4.69) is 25.7 Å². The van der Waals surface area contributed by atoms with Crippen LogP contribution in [0.25, 0.3) is 10.9 Å². The molecule has 0 aliphatic carbocycles. The summed E-state index contributed by atoms with van der Waals surface area (Å²) >= 11 is 0. The SMILES string of the molecule is Cn1cc([C@@H](NC(=O)c2cc(F)c3cnc(NCCC#N)nc3c2)c2ccc(O)c(F)c2)cn1. The Morgan fingerprint density at radius 1 is 1.21 bits per heavy atom. The predicted octanol–water partition coefficient (Wildman–Crippen LogP) is 3.19. The first kappa shape index (κ1) is 22.6. The molecule has 1 amide bonds. The third kappa shape index (κ3) is 4.75. The number of nitrogens with one attached hydrogen (secondary N) is 2. The number of hydrogen-bond acceptors (Lipinski definition) is 7. The first-order valence-electron chi connectivity index (χ1n) is 10.2. The van der Waals surface area contributed by atoms with Crippen molar-refractivity contribution in [2.75, 3.05) is 11.9 Å². The third-order valence-corrected chi connectivity index (χ3v) is 5.07. The van der Waals surface area contributed by atoms with Crippen LogP contribution in [0.2, 0.25) is 0 Å². The molecule has 2 heterocycles. The molecule has 2 aromatic heterocycles. The molecule has 4 rings (SSSR count). The molecule has 9 nitrogen and oxygen atoms in total. The minimum Gasteiger partial charge on any atom is -0.505 e. The van der Waals surface area contributed by atoms with E-state index in [-0.39, 0.29) is 28.8 Å². The quantitative estimate of drug-likeness (QED) is 0.359. The number of halogens is 2. The number of phenols is 1. The number of hydrogen-bond donors (Lipinski definition) is 3. The van der Waals surface area contributed by atoms with E-state index < -0.39 is 29.3 Å². The summed E-state index contributed by atoms with van der Waals surface area (Å²) in [6.45, 7) is 0.320. The fraction of sp³-hybridized carbons (Fsp3) is 0.174. The molecule has 172 valence electrons. The minimum atomic E-state index is -0.842. The van der Waals surface area contributed by atoms with Gasteiger partial charge in [0.15, 0.2) is 11.6 Å². The zero-order chi connectivity index (χ0) is 24.2. The maximum atomic E-state index is 14.7. The van der Waals surface area contributed by atoms with Crippen LogP contribution in [0.5, 0.6) is 5.75 Å². The number of aromatic hydroxyl groups is 1. The molecule has 0 saturated carbocycles. The number of fused-ring (bicyclic) bond motifs is 1. The fourth-order valence-electron chi connectivity index (χ4n) is 3.40. The van der Waals surface area contributed by atoms with E-state index in [1.807, 2.05) is 6.07 Å². The molecule has 2 aromatic carbocycles. The van der Waals surface area contributed by atoms with Crippen molar-refractivity contribution in [3.8, 4) is 11.8 Å². The standard InChI is InChI=1S/C23H19F2N7O2/c1-32-12-15(10-29-32)21(13-3-4-20(33)18(25)7-13)31-22(34)14-8-17(24)16-11-28-23(27-6-2-5-26)30-19(16)9-14/h3-4,7-12,21,33H,2,6H2,1H3,(H,31,34)(H,27,28,30)/t21-/m0/s1. The van der Waals surface area contributed by atoms with E-state index in [4.69, 9.17) is 5.26 Å². The van der Waals surface area contributed by atoms with Crippen molar-refractivity contribution >= 4 is 22.8 Å². The van der Waals surface area contributed by atoms with Crippen LogP contribution < -0.4 is 10.6 Å². The first-order chi connectivity index (χ1) is 16.4. The normalized spacial score (nSPS) is 11.7. The van der Waals surface area contributed by atoms with Crippen LogP contribution >= 0.6 is 0 Å². The van der Waals surface area contributed by atoms with E-state index in [1.54, 1.807) is 13.2 Å². The Labute approximate surface area is 192 Å². The Morgan fingerprint density at radius 3 is 2.74 bits per heavy atom. The summed E-state index contributed by atoms with van der Waals surface area (Å²) in [5, 5.41) is 28.0. The fourth-order valence-corrected chi connectivity index (χ4v) is 3.40. The van der Waals surface area contributed by atoms with Gasteiger partial charge in [0, 0.05) is 37.1 Å². The molecule has 1 atom stereocenters. The molecule has 0 radical (unpaired) electrons. The second kappa shape index (κ2) is 9.50. The maximum Gasteiger partial charge on any atom is 0.252 e. The Bertz CT molecular complexity index is 1410. The summed E-state index contributed by atoms with van der Waals surface area (Å²) in [6.07, 6.45) is 4.71. The first-order valence-corrected chi connectivity index (χ1v) is 10.2. The number of nitriles is 1. The van der Waals surface area contributed by atoms with Crippen molar-refractivity contribution in [2.45, 2.75) is 12.5 Å². The van der Waals surface area contributed by atoms with Gasteiger partial charge in [-0.1, -0.05) is 6.07 Å². The molecular formula is C23H19F2N7O2. The van der Waals surface area contributed by atoms with Crippen molar-refractivity contribution < 1.29 is 18.7 Å². The van der Waals surface area contributed by atoms with E-state index in [0.717, 1.165) is 12.1 Å². The molecule has 11 heteroatoms. The van der Waals surface area contributed by atoms with Crippen molar-refractivity contribution in [2.24, 2.45) is 7.05 Å². The smallest absolute Gasteiger partial charge is 0.252 e. The number of benzene rings is 2. The van der Waals surface area contributed by atoms with Crippen LogP contribution in [-0.2, 0) is 7.05 Å². The zero-order valence-corrected chi connectivity index (χ0v) is 18.0. The topological polar surface area (TPSA) is 129 Å². The second-order valence-corrected chi connectivity index (χ2v) is 7.48. The molecule has 34 heavy (non-hydrogen) atoms. The highest BCUT2D eigenvalue weighted by molar-refractivity contribution is 5.98. The molecule has 0 unspecified atom stereocenters. The molecule has 0 fully saturated rings. The van der Waals surface area contributed by atoms with Gasteiger partial charge in [-0.3, -0.25) is 9.48 Å². The van der Waals surface area contributed by atoms with Crippen LogP contribution in [0.15, 0.2) is 48.9 Å². The highest BCUT2D eigenvalue weighted by Gasteiger charge is 2.22. The highest BCUT2D eigenvalue weighted by Crippen LogP contribution is 2.27. The van der Waals surface area contributed by atoms with E-state index >= 15 is 0 Å². The average Bonchev–Trinajstić information content (AvgIpc) is 3.25. The van der Waals surface area contributed by atoms with Gasteiger partial charge in [-0.15, -0.1) is 0 Å². The van der Waals surface area contributed by atoms with Gasteiger partial charge in [-0.25, -0.2) is 18.7 Å². The average molecular weight is 463 g/mol. The summed E-state index contributed by atoms with van der Waals surface area (Å²) < 4.78 is 30.3. The summed E-state index contributed by atoms with van der Waals surface area (Å²) in [6, 6.07) is 7.44. The molecule has 3 N–H and O–H groups in total. The van der Waals surface area contributed by atoms with Crippen molar-refractivity contribution in [3.05, 3.63) is 77.2 Å². The van der Waals surface area contributed by atoms with Crippen LogP contribution in [0.4, 0.5) is 14.7 Å². The number of aromatic nitrogens is 4. The zero-order valence-electron chi connectivity index (χ0n) is 18.0. The Kier molecular flexibility index (Phi) is 6.31. The van der Waals surface area contributed by atoms with Crippen molar-refractivity contribution in [1.29, 1.82) is 5.26 Å². The van der Waals surface area contributed by atoms with Gasteiger partial charge < -0.3 is 15.7 Å². The Hall–Kier alpha value is -4.59. The highest BCUT2D eigenvalue weighted by atomic mass is 19.1. The Morgan fingerprint density at radius 2 is 2.03 bits per heavy atom. The molecule has 0 aliphatic rings. The molecule has 0 bridgehead atoms. The number of aryl methyl sites for hydroxylation is 1. The predicted molar refractivity (Wildman–Crippen MR) is 119 cm³/mol. The van der Waals surface area contributed by atoms with Gasteiger partial charge in [0.2, 0.25) is 5.95 Å². The van der Waals surface area contributed by atoms with Crippen LogP contribution in [0.3, 0.4) is 0 Å². The lowest BCUT2D eigenvalue weighted by Gasteiger charge is -2.19. The summed E-state index contributed by atoms with van der Waals surface area (Å²) in [7, 11) is 1.69. The largest absolute Gasteiger partial charge is 0.505 e. The second-order valence-electron chi connectivity index (χ2n) is 7.48. The van der Waals surface area contributed by atoms with Gasteiger partial charge in [0.25, 0.3) is 5.91 Å². The number of carbonyl (C=O) groups is 1. The van der Waals surface area contributed by atoms with Crippen LogP contribution in [0.1, 0.15) is 33.9 Å². The van der Waals surface area contributed by atoms with Gasteiger partial charge in [-0.2, -0.15) is 10.4 Å². The Balaban J connectivity index is 1.67. The van der Waals surface area contributed by atoms with Crippen molar-refractivity contribution in [3.63, 3.8) is 0 Å². The lowest BCUT2D eigenvalue weighted by atomic mass is 10.0. The number of phenolic OH excluding ortho intramolecular Hbond substituents is 1. The maximum absolute atomic E-state index is 14.7. The number of anilines is 1. The summed E-state index contributed by atoms with van der Waals surface area (Å²) in [5.74, 6) is -2.46. The van der Waals surface area contributed by atoms with E-state index in [9.17, 15) is 18.7 Å². The molecule has 0 aliphatic heterocycles. The monoisotopic (exact) mass is 463 g/mol. The van der Waals surface area contributed by atoms with E-state index in [0.29, 0.717) is 17.7 Å². The molecular weight excluding hydrogens is 444 g/mol. The van der Waals surface area contributed by atoms with Gasteiger partial charge >= 0.3 is 0 Å². The third-order valence-electron chi connectivity index (χ3n) is 5.07. The van der Waals surface area contributed by atoms with Gasteiger partial charge in [0.05, 0.1) is 35.6 Å². The van der Waals surface area contributed by atoms with Crippen LogP contribution in [-0.4, -0.2) is 37.3 Å². The number of carbonyl (C=O) groups excluding carboxylic acids is 1. The molecule has 0 spiro atoms. The number of rotatable bonds is 7. The lowest BCUT2D eigenvalue weighted by Crippen LogP contribution is -2.29. The number of amides is 1. The molecule has 0 saturated heterocycles. The van der Waals surface area contributed by atoms with Gasteiger partial charge in [0.1, 0.15) is 5.82 Å². The summed E-state index contributed by atoms with van der Waals surface area (Å²) in [5.41, 5.74) is 1.13. The van der Waals surface area contributed by atoms with Crippen LogP contribution in [0, 0.1) is 23.0 Å². The minimum absolute atomic E-state index is 0.000171. The van der Waals surface area contributed by atoms with E-state index in [1.165, 1.54) is 35.3 Å². The number of nitrogens with zero attached hydrogens (tertiary/aromatic N) is 5. The van der Waals surface area contributed by atoms with Gasteiger partial charge in [-0.05, 0) is 29.8 Å². The lowest BCUT2D eigenvalue weighted by molar-refractivity contribution is 0.0942. The van der Waals surface area contributed by atoms with Crippen molar-refractivity contribution in [1.82, 2.24) is 25.1 Å². The molecule has 4 aromatic rings. The summed E-state index contributed by atoms with van der Waals surface area (Å²) in [4.78, 5) is 21.4.